The van der Waals surface area contributed by atoms with Crippen molar-refractivity contribution in [2.75, 3.05) is 0 Å². The summed E-state index contributed by atoms with van der Waals surface area (Å²) >= 11 is 6.21. The van der Waals surface area contributed by atoms with Crippen molar-refractivity contribution in [3.05, 3.63) is 0 Å². The monoisotopic (exact) mass is 160 g/mol. The van der Waals surface area contributed by atoms with Gasteiger partial charge in [-0.25, -0.2) is 0 Å². The summed E-state index contributed by atoms with van der Waals surface area (Å²) in [4.78, 5) is 0. The van der Waals surface area contributed by atoms with Crippen LogP contribution in [0.2, 0.25) is 0 Å². The van der Waals surface area contributed by atoms with Crippen LogP contribution in [-0.4, -0.2) is 5.38 Å². The van der Waals surface area contributed by atoms with E-state index in [0.29, 0.717) is 11.3 Å². The fraction of sp³-hybridized carbons (Fsp3) is 1.00. The quantitative estimate of drug-likeness (QED) is 0.544. The average Bonchev–Trinajstić information content (AvgIpc) is 1.84. The first kappa shape index (κ1) is 8.39. The van der Waals surface area contributed by atoms with Gasteiger partial charge in [-0.15, -0.1) is 11.6 Å². The van der Waals surface area contributed by atoms with E-state index in [-0.39, 0.29) is 0 Å². The van der Waals surface area contributed by atoms with Crippen LogP contribution in [-0.2, 0) is 0 Å². The molecule has 0 bridgehead atoms. The van der Waals surface area contributed by atoms with Gasteiger partial charge in [0.25, 0.3) is 0 Å². The summed E-state index contributed by atoms with van der Waals surface area (Å²) < 4.78 is 0. The fourth-order valence-electron chi connectivity index (χ4n) is 1.66. The minimum Gasteiger partial charge on any atom is -0.122 e. The maximum Gasteiger partial charge on any atom is 0.0389 e. The Morgan fingerprint density at radius 1 is 1.30 bits per heavy atom. The molecule has 1 heteroatoms. The van der Waals surface area contributed by atoms with Gasteiger partial charge in [-0.2, -0.15) is 0 Å². The Labute approximate surface area is 69.0 Å². The molecule has 10 heavy (non-hydrogen) atoms. The molecule has 1 fully saturated rings. The molecule has 1 rings (SSSR count). The molecule has 0 N–H and O–H groups in total. The molecule has 0 amide bonds. The first-order chi connectivity index (χ1) is 4.63. The molecule has 1 aliphatic rings. The molecule has 0 aromatic carbocycles. The lowest BCUT2D eigenvalue weighted by atomic mass is 9.71. The summed E-state index contributed by atoms with van der Waals surface area (Å²) in [6, 6.07) is 0. The fourth-order valence-corrected chi connectivity index (χ4v) is 2.03. The maximum atomic E-state index is 6.21. The van der Waals surface area contributed by atoms with E-state index >= 15 is 0 Å². The molecule has 0 aromatic rings. The molecule has 60 valence electrons. The molecule has 3 atom stereocenters. The number of hydrogen-bond donors (Lipinski definition) is 0. The van der Waals surface area contributed by atoms with Crippen molar-refractivity contribution in [3.8, 4) is 0 Å². The number of alkyl halides is 1. The highest BCUT2D eigenvalue weighted by molar-refractivity contribution is 6.21. The zero-order valence-electron chi connectivity index (χ0n) is 7.10. The van der Waals surface area contributed by atoms with Crippen molar-refractivity contribution in [2.24, 2.45) is 17.8 Å². The second kappa shape index (κ2) is 3.13. The van der Waals surface area contributed by atoms with Gasteiger partial charge < -0.3 is 0 Å². The normalized spacial score (nSPS) is 35.7. The van der Waals surface area contributed by atoms with Crippen molar-refractivity contribution in [1.29, 1.82) is 0 Å². The van der Waals surface area contributed by atoms with Crippen LogP contribution in [0.5, 0.6) is 0 Å². The van der Waals surface area contributed by atoms with Crippen LogP contribution in [0.15, 0.2) is 0 Å². The second-order valence-corrected chi connectivity index (χ2v) is 4.41. The van der Waals surface area contributed by atoms with Crippen LogP contribution in [0.1, 0.15) is 33.6 Å². The predicted octanol–water partition coefficient (Wildman–Crippen LogP) is 3.30. The van der Waals surface area contributed by atoms with E-state index in [1.807, 2.05) is 0 Å². The smallest absolute Gasteiger partial charge is 0.0389 e. The van der Waals surface area contributed by atoms with Crippen molar-refractivity contribution in [1.82, 2.24) is 0 Å². The van der Waals surface area contributed by atoms with Gasteiger partial charge in [-0.05, 0) is 24.2 Å². The third-order valence-corrected chi connectivity index (χ3v) is 3.56. The highest BCUT2D eigenvalue weighted by Gasteiger charge is 2.33. The second-order valence-electron chi connectivity index (χ2n) is 3.91. The van der Waals surface area contributed by atoms with Crippen LogP contribution in [0, 0.1) is 17.8 Å². The summed E-state index contributed by atoms with van der Waals surface area (Å²) in [7, 11) is 0. The largest absolute Gasteiger partial charge is 0.122 e. The third kappa shape index (κ3) is 1.47. The van der Waals surface area contributed by atoms with E-state index in [0.717, 1.165) is 11.8 Å². The molecule has 0 heterocycles. The molecule has 0 saturated heterocycles. The van der Waals surface area contributed by atoms with Crippen LogP contribution >= 0.6 is 11.6 Å². The van der Waals surface area contributed by atoms with E-state index in [1.54, 1.807) is 0 Å². The van der Waals surface area contributed by atoms with Gasteiger partial charge in [0.15, 0.2) is 0 Å². The van der Waals surface area contributed by atoms with Gasteiger partial charge >= 0.3 is 0 Å². The summed E-state index contributed by atoms with van der Waals surface area (Å²) in [5, 5.41) is 0.420. The molecule has 1 aliphatic carbocycles. The van der Waals surface area contributed by atoms with Crippen molar-refractivity contribution >= 4 is 11.6 Å². The standard InChI is InChI=1S/C9H17Cl/c1-6(2)9(10)8-5-4-7(8)3/h6-9H,4-5H2,1-3H3. The van der Waals surface area contributed by atoms with Gasteiger partial charge in [-0.1, -0.05) is 27.2 Å². The number of halogens is 1. The SMILES string of the molecule is CC(C)C(Cl)C1CCC1C. The molecule has 0 spiro atoms. The molecule has 0 aliphatic heterocycles. The van der Waals surface area contributed by atoms with Crippen LogP contribution in [0.4, 0.5) is 0 Å². The van der Waals surface area contributed by atoms with Crippen LogP contribution in [0.25, 0.3) is 0 Å². The average molecular weight is 161 g/mol. The van der Waals surface area contributed by atoms with Gasteiger partial charge in [0.2, 0.25) is 0 Å². The topological polar surface area (TPSA) is 0 Å². The number of hydrogen-bond acceptors (Lipinski definition) is 0. The number of rotatable bonds is 2. The predicted molar refractivity (Wildman–Crippen MR) is 46.4 cm³/mol. The molecular formula is C9H17Cl. The van der Waals surface area contributed by atoms with Crippen LogP contribution < -0.4 is 0 Å². The van der Waals surface area contributed by atoms with Crippen molar-refractivity contribution in [2.45, 2.75) is 39.0 Å². The van der Waals surface area contributed by atoms with Gasteiger partial charge in [0.1, 0.15) is 0 Å². The summed E-state index contributed by atoms with van der Waals surface area (Å²) in [6.07, 6.45) is 2.74. The first-order valence-electron chi connectivity index (χ1n) is 4.27. The Morgan fingerprint density at radius 2 is 1.90 bits per heavy atom. The Bertz CT molecular complexity index is 105. The lowest BCUT2D eigenvalue weighted by Crippen LogP contribution is -2.33. The summed E-state index contributed by atoms with van der Waals surface area (Å²) in [5.41, 5.74) is 0. The maximum absolute atomic E-state index is 6.21. The van der Waals surface area contributed by atoms with E-state index in [1.165, 1.54) is 12.8 Å². The van der Waals surface area contributed by atoms with E-state index in [9.17, 15) is 0 Å². The molecule has 0 aromatic heterocycles. The lowest BCUT2D eigenvalue weighted by molar-refractivity contribution is 0.170. The van der Waals surface area contributed by atoms with E-state index < -0.39 is 0 Å². The highest BCUT2D eigenvalue weighted by atomic mass is 35.5. The van der Waals surface area contributed by atoms with Crippen LogP contribution in [0.3, 0.4) is 0 Å². The van der Waals surface area contributed by atoms with Gasteiger partial charge in [-0.3, -0.25) is 0 Å². The zero-order chi connectivity index (χ0) is 7.72. The first-order valence-corrected chi connectivity index (χ1v) is 4.70. The summed E-state index contributed by atoms with van der Waals surface area (Å²) in [6.45, 7) is 6.73. The molecule has 0 nitrogen and oxygen atoms in total. The van der Waals surface area contributed by atoms with Crippen molar-refractivity contribution < 1.29 is 0 Å². The van der Waals surface area contributed by atoms with Gasteiger partial charge in [0, 0.05) is 5.38 Å². The molecule has 0 radical (unpaired) electrons. The highest BCUT2D eigenvalue weighted by Crippen LogP contribution is 2.40. The molecule has 3 unspecified atom stereocenters. The van der Waals surface area contributed by atoms with E-state index in [4.69, 9.17) is 11.6 Å². The minimum atomic E-state index is 0.420. The Kier molecular flexibility index (Phi) is 2.62. The Balaban J connectivity index is 2.34. The molecular weight excluding hydrogens is 144 g/mol. The van der Waals surface area contributed by atoms with Gasteiger partial charge in [0.05, 0.1) is 0 Å². The third-order valence-electron chi connectivity index (χ3n) is 2.73. The summed E-state index contributed by atoms with van der Waals surface area (Å²) in [5.74, 6) is 2.33. The Morgan fingerprint density at radius 3 is 2.00 bits per heavy atom. The zero-order valence-corrected chi connectivity index (χ0v) is 7.86. The lowest BCUT2D eigenvalue weighted by Gasteiger charge is -2.38. The Hall–Kier alpha value is 0.290. The molecule has 1 saturated carbocycles. The minimum absolute atomic E-state index is 0.420. The van der Waals surface area contributed by atoms with Crippen molar-refractivity contribution in [3.63, 3.8) is 0 Å². The van der Waals surface area contributed by atoms with E-state index in [2.05, 4.69) is 20.8 Å².